The summed E-state index contributed by atoms with van der Waals surface area (Å²) in [5.41, 5.74) is 8.11. The highest BCUT2D eigenvalue weighted by Gasteiger charge is 2.22. The fourth-order valence-corrected chi connectivity index (χ4v) is 6.84. The number of likely N-dealkylation sites (N-methyl/N-ethyl adjacent to an activating group) is 1. The van der Waals surface area contributed by atoms with Crippen LogP contribution in [-0.2, 0) is 13.0 Å². The second-order valence-corrected chi connectivity index (χ2v) is 13.0. The van der Waals surface area contributed by atoms with Crippen LogP contribution in [-0.4, -0.2) is 110 Å². The average molecular weight is 623 g/mol. The van der Waals surface area contributed by atoms with E-state index in [2.05, 4.69) is 75.8 Å². The summed E-state index contributed by atoms with van der Waals surface area (Å²) >= 11 is 0. The molecule has 2 aliphatic heterocycles. The molecule has 0 spiro atoms. The summed E-state index contributed by atoms with van der Waals surface area (Å²) in [4.78, 5) is 22.7. The van der Waals surface area contributed by atoms with Crippen LogP contribution in [0.3, 0.4) is 0 Å². The van der Waals surface area contributed by atoms with E-state index in [-0.39, 0.29) is 5.91 Å². The summed E-state index contributed by atoms with van der Waals surface area (Å²) in [6, 6.07) is 22.9. The Labute approximate surface area is 274 Å². The predicted octanol–water partition coefficient (Wildman–Crippen LogP) is 5.65. The highest BCUT2D eigenvalue weighted by atomic mass is 16.5. The van der Waals surface area contributed by atoms with Crippen molar-refractivity contribution in [2.75, 3.05) is 84.9 Å². The van der Waals surface area contributed by atoms with Gasteiger partial charge in [-0.15, -0.1) is 0 Å². The highest BCUT2D eigenvalue weighted by molar-refractivity contribution is 5.95. The lowest BCUT2D eigenvalue weighted by Gasteiger charge is -2.34. The molecular weight excluding hydrogens is 572 g/mol. The van der Waals surface area contributed by atoms with E-state index in [1.807, 2.05) is 41.3 Å². The van der Waals surface area contributed by atoms with Crippen molar-refractivity contribution in [2.45, 2.75) is 33.2 Å². The molecule has 4 aromatic rings. The first kappa shape index (κ1) is 32.1. The molecule has 0 radical (unpaired) electrons. The van der Waals surface area contributed by atoms with Crippen LogP contribution in [0.2, 0.25) is 0 Å². The Bertz CT molecular complexity index is 1600. The average Bonchev–Trinajstić information content (AvgIpc) is 3.33. The second kappa shape index (κ2) is 14.7. The van der Waals surface area contributed by atoms with E-state index in [1.165, 1.54) is 60.3 Å². The summed E-state index contributed by atoms with van der Waals surface area (Å²) in [5, 5.41) is 4.87. The van der Waals surface area contributed by atoms with E-state index in [0.717, 1.165) is 74.9 Å². The maximum absolute atomic E-state index is 13.3. The zero-order valence-electron chi connectivity index (χ0n) is 28.1. The van der Waals surface area contributed by atoms with E-state index in [4.69, 9.17) is 4.74 Å². The Morgan fingerprint density at radius 1 is 0.761 bits per heavy atom. The van der Waals surface area contributed by atoms with Crippen molar-refractivity contribution >= 4 is 28.2 Å². The number of aromatic nitrogens is 1. The third kappa shape index (κ3) is 7.57. The number of aryl methyl sites for hydroxylation is 2. The largest absolute Gasteiger partial charge is 0.497 e. The van der Waals surface area contributed by atoms with Crippen molar-refractivity contribution in [2.24, 2.45) is 0 Å². The van der Waals surface area contributed by atoms with Gasteiger partial charge in [0.2, 0.25) is 0 Å². The molecular formula is C38H50N6O2. The molecule has 1 N–H and O–H groups in total. The van der Waals surface area contributed by atoms with Crippen molar-refractivity contribution in [1.29, 1.82) is 0 Å². The molecule has 2 fully saturated rings. The predicted molar refractivity (Wildman–Crippen MR) is 189 cm³/mol. The Hall–Kier alpha value is -3.85. The third-order valence-electron chi connectivity index (χ3n) is 10.0. The molecule has 6 rings (SSSR count). The number of carbonyl (C=O) groups excluding carboxylic acids is 1. The van der Waals surface area contributed by atoms with Gasteiger partial charge < -0.3 is 29.3 Å². The number of nitrogens with zero attached hydrogens (tertiary/aromatic N) is 5. The molecule has 8 nitrogen and oxygen atoms in total. The van der Waals surface area contributed by atoms with E-state index < -0.39 is 0 Å². The molecule has 244 valence electrons. The van der Waals surface area contributed by atoms with E-state index in [1.54, 1.807) is 7.11 Å². The molecule has 0 bridgehead atoms. The number of rotatable bonds is 11. The first-order valence-corrected chi connectivity index (χ1v) is 16.9. The maximum atomic E-state index is 13.3. The number of ether oxygens (including phenoxy) is 1. The minimum atomic E-state index is 0.114. The fraction of sp³-hybridized carbons (Fsp3) is 0.447. The number of carbonyl (C=O) groups is 1. The molecule has 0 aliphatic carbocycles. The smallest absolute Gasteiger partial charge is 0.253 e. The molecule has 3 heterocycles. The van der Waals surface area contributed by atoms with Crippen LogP contribution in [0.25, 0.3) is 10.9 Å². The van der Waals surface area contributed by atoms with Gasteiger partial charge >= 0.3 is 0 Å². The number of benzene rings is 3. The Morgan fingerprint density at radius 2 is 1.41 bits per heavy atom. The SMILES string of the molecule is COc1ccc(CCN2CCN(C(=O)c3ccc(Nc4ccc5c(c4)c(C)c(C)n5CCCN4CCN(C)CC4)cc3)CC2)cc1. The molecule has 3 aromatic carbocycles. The van der Waals surface area contributed by atoms with Crippen molar-refractivity contribution in [3.05, 3.63) is 89.1 Å². The Morgan fingerprint density at radius 3 is 2.11 bits per heavy atom. The normalized spacial score (nSPS) is 16.7. The quantitative estimate of drug-likeness (QED) is 0.234. The number of hydrogen-bond acceptors (Lipinski definition) is 6. The van der Waals surface area contributed by atoms with Crippen molar-refractivity contribution in [3.63, 3.8) is 0 Å². The van der Waals surface area contributed by atoms with Gasteiger partial charge in [0.05, 0.1) is 7.11 Å². The molecule has 8 heteroatoms. The number of methoxy groups -OCH3 is 1. The standard InChI is InChI=1S/C38H50N6O2/c1-29-30(2)44(18-5-17-41-22-20-40(3)21-23-41)37-15-12-34(28-36(29)37)39-33-10-8-32(9-11-33)38(45)43-26-24-42(25-27-43)19-16-31-6-13-35(46-4)14-7-31/h6-15,28,39H,5,16-27H2,1-4H3. The van der Waals surface area contributed by atoms with Crippen LogP contribution in [0.15, 0.2) is 66.7 Å². The molecule has 0 unspecified atom stereocenters. The highest BCUT2D eigenvalue weighted by Crippen LogP contribution is 2.30. The summed E-state index contributed by atoms with van der Waals surface area (Å²) in [7, 11) is 3.91. The first-order chi connectivity index (χ1) is 22.4. The van der Waals surface area contributed by atoms with Gasteiger partial charge in [-0.1, -0.05) is 12.1 Å². The van der Waals surface area contributed by atoms with E-state index in [0.29, 0.717) is 0 Å². The topological polar surface area (TPSA) is 56.2 Å². The van der Waals surface area contributed by atoms with Crippen molar-refractivity contribution < 1.29 is 9.53 Å². The summed E-state index contributed by atoms with van der Waals surface area (Å²) in [6.07, 6.45) is 2.17. The van der Waals surface area contributed by atoms with Crippen LogP contribution in [0.1, 0.15) is 33.6 Å². The minimum Gasteiger partial charge on any atom is -0.497 e. The molecule has 2 saturated heterocycles. The molecule has 46 heavy (non-hydrogen) atoms. The number of amides is 1. The zero-order chi connectivity index (χ0) is 32.0. The number of anilines is 2. The Kier molecular flexibility index (Phi) is 10.3. The lowest BCUT2D eigenvalue weighted by molar-refractivity contribution is 0.0638. The summed E-state index contributed by atoms with van der Waals surface area (Å²) in [6.45, 7) is 15.7. The molecule has 0 saturated carbocycles. The van der Waals surface area contributed by atoms with Gasteiger partial charge in [0.1, 0.15) is 5.75 Å². The van der Waals surface area contributed by atoms with Gasteiger partial charge in [-0.2, -0.15) is 0 Å². The van der Waals surface area contributed by atoms with Gasteiger partial charge in [-0.25, -0.2) is 0 Å². The maximum Gasteiger partial charge on any atom is 0.253 e. The lowest BCUT2D eigenvalue weighted by atomic mass is 10.1. The zero-order valence-corrected chi connectivity index (χ0v) is 28.1. The number of hydrogen-bond donors (Lipinski definition) is 1. The fourth-order valence-electron chi connectivity index (χ4n) is 6.84. The number of piperazine rings is 2. The van der Waals surface area contributed by atoms with Gasteiger partial charge in [-0.3, -0.25) is 9.69 Å². The molecule has 2 aliphatic rings. The number of fused-ring (bicyclic) bond motifs is 1. The molecule has 1 amide bonds. The molecule has 1 aromatic heterocycles. The van der Waals surface area contributed by atoms with Crippen molar-refractivity contribution in [1.82, 2.24) is 24.2 Å². The van der Waals surface area contributed by atoms with Gasteiger partial charge in [0.15, 0.2) is 0 Å². The number of nitrogens with one attached hydrogen (secondary N) is 1. The Balaban J connectivity index is 0.998. The van der Waals surface area contributed by atoms with Crippen LogP contribution < -0.4 is 10.1 Å². The van der Waals surface area contributed by atoms with Crippen molar-refractivity contribution in [3.8, 4) is 5.75 Å². The summed E-state index contributed by atoms with van der Waals surface area (Å²) < 4.78 is 7.75. The van der Waals surface area contributed by atoms with Gasteiger partial charge in [-0.05, 0) is 106 Å². The van der Waals surface area contributed by atoms with Crippen LogP contribution >= 0.6 is 0 Å². The van der Waals surface area contributed by atoms with Crippen LogP contribution in [0, 0.1) is 13.8 Å². The van der Waals surface area contributed by atoms with Gasteiger partial charge in [0.25, 0.3) is 5.91 Å². The van der Waals surface area contributed by atoms with E-state index in [9.17, 15) is 4.79 Å². The van der Waals surface area contributed by atoms with E-state index >= 15 is 0 Å². The van der Waals surface area contributed by atoms with Gasteiger partial charge in [0, 0.05) is 99.0 Å². The minimum absolute atomic E-state index is 0.114. The third-order valence-corrected chi connectivity index (χ3v) is 10.0. The first-order valence-electron chi connectivity index (χ1n) is 16.9. The second-order valence-electron chi connectivity index (χ2n) is 13.0. The summed E-state index contributed by atoms with van der Waals surface area (Å²) in [5.74, 6) is 1.00. The molecule has 0 atom stereocenters. The van der Waals surface area contributed by atoms with Crippen LogP contribution in [0.4, 0.5) is 11.4 Å². The van der Waals surface area contributed by atoms with Crippen LogP contribution in [0.5, 0.6) is 5.75 Å². The lowest BCUT2D eigenvalue weighted by Crippen LogP contribution is -2.49. The monoisotopic (exact) mass is 622 g/mol.